The minimum atomic E-state index is -0.254. The SMILES string of the molecule is CCNC(=NCc1cccnc1OCC)NCC(=O)NC(C)(C)C. The molecule has 1 aromatic rings. The highest BCUT2D eigenvalue weighted by Crippen LogP contribution is 2.15. The van der Waals surface area contributed by atoms with Crippen LogP contribution in [-0.2, 0) is 11.3 Å². The molecule has 3 N–H and O–H groups in total. The average Bonchev–Trinajstić information content (AvgIpc) is 2.50. The van der Waals surface area contributed by atoms with Crippen LogP contribution in [0.2, 0.25) is 0 Å². The summed E-state index contributed by atoms with van der Waals surface area (Å²) in [6.07, 6.45) is 1.69. The summed E-state index contributed by atoms with van der Waals surface area (Å²) in [5.41, 5.74) is 0.645. The van der Waals surface area contributed by atoms with Gasteiger partial charge in [-0.3, -0.25) is 4.79 Å². The van der Waals surface area contributed by atoms with Crippen molar-refractivity contribution in [3.05, 3.63) is 23.9 Å². The van der Waals surface area contributed by atoms with Gasteiger partial charge in [0, 0.05) is 23.8 Å². The van der Waals surface area contributed by atoms with Gasteiger partial charge in [-0.2, -0.15) is 0 Å². The summed E-state index contributed by atoms with van der Waals surface area (Å²) in [4.78, 5) is 20.6. The van der Waals surface area contributed by atoms with Gasteiger partial charge in [0.1, 0.15) is 0 Å². The van der Waals surface area contributed by atoms with Gasteiger partial charge in [0.2, 0.25) is 11.8 Å². The molecule has 0 bridgehead atoms. The predicted molar refractivity (Wildman–Crippen MR) is 96.1 cm³/mol. The zero-order chi connectivity index (χ0) is 18.0. The number of nitrogens with one attached hydrogen (secondary N) is 3. The molecule has 24 heavy (non-hydrogen) atoms. The number of hydrogen-bond acceptors (Lipinski definition) is 4. The molecule has 7 nitrogen and oxygen atoms in total. The standard InChI is InChI=1S/C17H29N5O2/c1-6-18-16(21-12-14(23)22-17(3,4)5)20-11-13-9-8-10-19-15(13)24-7-2/h8-10H,6-7,11-12H2,1-5H3,(H,22,23)(H2,18,20,21). The second-order valence-corrected chi connectivity index (χ2v) is 6.25. The molecule has 0 radical (unpaired) electrons. The number of carbonyl (C=O) groups is 1. The van der Waals surface area contributed by atoms with Crippen LogP contribution in [0.4, 0.5) is 0 Å². The fraction of sp³-hybridized carbons (Fsp3) is 0.588. The summed E-state index contributed by atoms with van der Waals surface area (Å²) in [7, 11) is 0. The molecular formula is C17H29N5O2. The van der Waals surface area contributed by atoms with E-state index in [4.69, 9.17) is 4.74 Å². The lowest BCUT2D eigenvalue weighted by atomic mass is 10.1. The molecule has 1 heterocycles. The van der Waals surface area contributed by atoms with Crippen molar-refractivity contribution < 1.29 is 9.53 Å². The van der Waals surface area contributed by atoms with Crippen molar-refractivity contribution in [2.24, 2.45) is 4.99 Å². The van der Waals surface area contributed by atoms with Gasteiger partial charge in [-0.1, -0.05) is 6.07 Å². The smallest absolute Gasteiger partial charge is 0.239 e. The number of rotatable bonds is 7. The first-order valence-electron chi connectivity index (χ1n) is 8.25. The lowest BCUT2D eigenvalue weighted by molar-refractivity contribution is -0.121. The Morgan fingerprint density at radius 3 is 2.67 bits per heavy atom. The number of hydrogen-bond donors (Lipinski definition) is 3. The van der Waals surface area contributed by atoms with Gasteiger partial charge in [-0.25, -0.2) is 9.98 Å². The molecule has 0 fully saturated rings. The van der Waals surface area contributed by atoms with E-state index < -0.39 is 0 Å². The predicted octanol–water partition coefficient (Wildman–Crippen LogP) is 1.45. The molecule has 0 aliphatic rings. The second-order valence-electron chi connectivity index (χ2n) is 6.25. The van der Waals surface area contributed by atoms with Crippen molar-refractivity contribution in [1.82, 2.24) is 20.9 Å². The van der Waals surface area contributed by atoms with Crippen molar-refractivity contribution >= 4 is 11.9 Å². The molecule has 0 saturated heterocycles. The van der Waals surface area contributed by atoms with Gasteiger partial charge >= 0.3 is 0 Å². The van der Waals surface area contributed by atoms with Crippen LogP contribution in [-0.4, -0.2) is 42.1 Å². The van der Waals surface area contributed by atoms with Gasteiger partial charge in [0.15, 0.2) is 5.96 Å². The van der Waals surface area contributed by atoms with Gasteiger partial charge < -0.3 is 20.7 Å². The maximum atomic E-state index is 11.9. The van der Waals surface area contributed by atoms with Gasteiger partial charge in [-0.05, 0) is 40.7 Å². The van der Waals surface area contributed by atoms with Gasteiger partial charge in [0.25, 0.3) is 0 Å². The molecule has 0 spiro atoms. The number of amides is 1. The molecule has 0 aromatic carbocycles. The Hall–Kier alpha value is -2.31. The van der Waals surface area contributed by atoms with Crippen molar-refractivity contribution in [2.75, 3.05) is 19.7 Å². The number of aromatic nitrogens is 1. The normalized spacial score (nSPS) is 11.8. The summed E-state index contributed by atoms with van der Waals surface area (Å²) < 4.78 is 5.50. The van der Waals surface area contributed by atoms with E-state index in [0.717, 1.165) is 5.56 Å². The molecule has 0 aliphatic carbocycles. The molecular weight excluding hydrogens is 306 g/mol. The van der Waals surface area contributed by atoms with E-state index in [9.17, 15) is 4.79 Å². The quantitative estimate of drug-likeness (QED) is 0.518. The highest BCUT2D eigenvalue weighted by Gasteiger charge is 2.13. The number of nitrogens with zero attached hydrogens (tertiary/aromatic N) is 2. The van der Waals surface area contributed by atoms with E-state index in [1.807, 2.05) is 46.8 Å². The maximum absolute atomic E-state index is 11.9. The van der Waals surface area contributed by atoms with Crippen LogP contribution in [0.15, 0.2) is 23.3 Å². The van der Waals surface area contributed by atoms with Crippen molar-refractivity contribution in [1.29, 1.82) is 0 Å². The minimum Gasteiger partial charge on any atom is -0.478 e. The van der Waals surface area contributed by atoms with E-state index in [-0.39, 0.29) is 18.0 Å². The van der Waals surface area contributed by atoms with Crippen LogP contribution in [0.25, 0.3) is 0 Å². The van der Waals surface area contributed by atoms with E-state index in [2.05, 4.69) is 25.9 Å². The highest BCUT2D eigenvalue weighted by molar-refractivity contribution is 5.86. The lowest BCUT2D eigenvalue weighted by Gasteiger charge is -2.21. The van der Waals surface area contributed by atoms with E-state index in [1.165, 1.54) is 0 Å². The van der Waals surface area contributed by atoms with Crippen LogP contribution in [0.1, 0.15) is 40.2 Å². The summed E-state index contributed by atoms with van der Waals surface area (Å²) in [6.45, 7) is 11.6. The highest BCUT2D eigenvalue weighted by atomic mass is 16.5. The van der Waals surface area contributed by atoms with E-state index >= 15 is 0 Å². The Morgan fingerprint density at radius 2 is 2.04 bits per heavy atom. The molecule has 1 amide bonds. The van der Waals surface area contributed by atoms with Gasteiger partial charge in [-0.15, -0.1) is 0 Å². The largest absolute Gasteiger partial charge is 0.478 e. The van der Waals surface area contributed by atoms with Crippen LogP contribution in [0.3, 0.4) is 0 Å². The summed E-state index contributed by atoms with van der Waals surface area (Å²) in [5, 5.41) is 9.05. The molecule has 0 saturated carbocycles. The summed E-state index contributed by atoms with van der Waals surface area (Å²) in [5.74, 6) is 1.09. The summed E-state index contributed by atoms with van der Waals surface area (Å²) in [6, 6.07) is 3.78. The van der Waals surface area contributed by atoms with Crippen molar-refractivity contribution in [2.45, 2.75) is 46.7 Å². The maximum Gasteiger partial charge on any atom is 0.239 e. The van der Waals surface area contributed by atoms with Crippen molar-refractivity contribution in [3.63, 3.8) is 0 Å². The molecule has 1 aromatic heterocycles. The third kappa shape index (κ3) is 7.80. The Labute approximate surface area is 144 Å². The molecule has 134 valence electrons. The Morgan fingerprint density at radius 1 is 1.29 bits per heavy atom. The van der Waals surface area contributed by atoms with Gasteiger partial charge in [0.05, 0.1) is 19.7 Å². The molecule has 0 atom stereocenters. The number of carbonyl (C=O) groups excluding carboxylic acids is 1. The van der Waals surface area contributed by atoms with E-state index in [0.29, 0.717) is 31.5 Å². The van der Waals surface area contributed by atoms with Crippen LogP contribution in [0.5, 0.6) is 5.88 Å². The number of aliphatic imine (C=N–C) groups is 1. The summed E-state index contributed by atoms with van der Waals surface area (Å²) >= 11 is 0. The second kappa shape index (κ2) is 9.75. The Kier molecular flexibility index (Phi) is 8.01. The molecule has 0 aliphatic heterocycles. The third-order valence-electron chi connectivity index (χ3n) is 2.81. The zero-order valence-corrected chi connectivity index (χ0v) is 15.3. The fourth-order valence-corrected chi connectivity index (χ4v) is 1.94. The van der Waals surface area contributed by atoms with Crippen LogP contribution < -0.4 is 20.7 Å². The molecule has 1 rings (SSSR count). The first-order chi connectivity index (χ1) is 11.4. The monoisotopic (exact) mass is 335 g/mol. The van der Waals surface area contributed by atoms with Crippen LogP contribution >= 0.6 is 0 Å². The third-order valence-corrected chi connectivity index (χ3v) is 2.81. The minimum absolute atomic E-state index is 0.0792. The number of ether oxygens (including phenoxy) is 1. The zero-order valence-electron chi connectivity index (χ0n) is 15.3. The fourth-order valence-electron chi connectivity index (χ4n) is 1.94. The topological polar surface area (TPSA) is 87.6 Å². The lowest BCUT2D eigenvalue weighted by Crippen LogP contribution is -2.48. The average molecular weight is 335 g/mol. The van der Waals surface area contributed by atoms with E-state index in [1.54, 1.807) is 6.20 Å². The van der Waals surface area contributed by atoms with Crippen molar-refractivity contribution in [3.8, 4) is 5.88 Å². The Balaban J connectivity index is 2.67. The van der Waals surface area contributed by atoms with Crippen LogP contribution in [0, 0.1) is 0 Å². The Bertz CT molecular complexity index is 552. The molecule has 7 heteroatoms. The first-order valence-corrected chi connectivity index (χ1v) is 8.25. The molecule has 0 unspecified atom stereocenters. The number of pyridine rings is 1. The number of guanidine groups is 1. The first kappa shape index (κ1) is 19.7.